The summed E-state index contributed by atoms with van der Waals surface area (Å²) in [4.78, 5) is 9.65. The van der Waals surface area contributed by atoms with Gasteiger partial charge in [0.15, 0.2) is 5.13 Å². The summed E-state index contributed by atoms with van der Waals surface area (Å²) in [5.74, 6) is 0. The Morgan fingerprint density at radius 1 is 1.15 bits per heavy atom. The average Bonchev–Trinajstić information content (AvgIpc) is 3.41. The summed E-state index contributed by atoms with van der Waals surface area (Å²) in [6.45, 7) is 0.414. The van der Waals surface area contributed by atoms with Gasteiger partial charge in [0.2, 0.25) is 0 Å². The van der Waals surface area contributed by atoms with Gasteiger partial charge >= 0.3 is 6.18 Å². The minimum atomic E-state index is -4.37. The fraction of sp³-hybridized carbons (Fsp3) is 0.280. The molecule has 0 radical (unpaired) electrons. The van der Waals surface area contributed by atoms with Gasteiger partial charge in [-0.2, -0.15) is 13.2 Å². The second-order valence-corrected chi connectivity index (χ2v) is 9.53. The highest BCUT2D eigenvalue weighted by Gasteiger charge is 2.59. The van der Waals surface area contributed by atoms with E-state index in [-0.39, 0.29) is 12.1 Å². The number of ether oxygens (including phenoxy) is 1. The molecule has 0 aliphatic heterocycles. The number of hydrogen-bond acceptors (Lipinski definition) is 6. The Kier molecular flexibility index (Phi) is 5.79. The van der Waals surface area contributed by atoms with Crippen molar-refractivity contribution < 1.29 is 17.9 Å². The number of benzene rings is 2. The molecule has 4 aromatic rings. The quantitative estimate of drug-likeness (QED) is 0.364. The van der Waals surface area contributed by atoms with Crippen LogP contribution in [0, 0.1) is 0 Å². The molecule has 1 saturated carbocycles. The molecule has 2 unspecified atom stereocenters. The van der Waals surface area contributed by atoms with E-state index in [1.165, 1.54) is 23.5 Å². The largest absolute Gasteiger partial charge is 0.416 e. The molecular formula is C25H23F3N4OS. The third-order valence-electron chi connectivity index (χ3n) is 6.54. The Morgan fingerprint density at radius 3 is 2.65 bits per heavy atom. The van der Waals surface area contributed by atoms with Crippen molar-refractivity contribution in [3.8, 4) is 10.4 Å². The van der Waals surface area contributed by atoms with E-state index < -0.39 is 17.2 Å². The maximum absolute atomic E-state index is 13.0. The van der Waals surface area contributed by atoms with Gasteiger partial charge in [-0.15, -0.1) is 0 Å². The van der Waals surface area contributed by atoms with E-state index in [4.69, 9.17) is 10.5 Å². The SMILES string of the molecule is COC1CC1(c1ccc(C(F)(F)F)cc1)[C@H](N)CNc1ncc(-c2ccc3cnccc3c2)s1. The van der Waals surface area contributed by atoms with Crippen molar-refractivity contribution in [2.45, 2.75) is 30.2 Å². The number of rotatable bonds is 7. The summed E-state index contributed by atoms with van der Waals surface area (Å²) in [5, 5.41) is 6.22. The van der Waals surface area contributed by atoms with Gasteiger partial charge in [-0.3, -0.25) is 4.98 Å². The summed E-state index contributed by atoms with van der Waals surface area (Å²) in [7, 11) is 1.60. The van der Waals surface area contributed by atoms with E-state index >= 15 is 0 Å². The van der Waals surface area contributed by atoms with E-state index in [0.29, 0.717) is 13.0 Å². The Hall–Kier alpha value is -3.01. The van der Waals surface area contributed by atoms with Crippen molar-refractivity contribution in [1.82, 2.24) is 9.97 Å². The molecule has 3 N–H and O–H groups in total. The number of aromatic nitrogens is 2. The second-order valence-electron chi connectivity index (χ2n) is 8.50. The number of hydrogen-bond donors (Lipinski definition) is 2. The molecule has 2 aromatic carbocycles. The lowest BCUT2D eigenvalue weighted by Gasteiger charge is -2.26. The van der Waals surface area contributed by atoms with Crippen LogP contribution in [0.3, 0.4) is 0 Å². The van der Waals surface area contributed by atoms with E-state index in [1.807, 2.05) is 30.6 Å². The molecule has 3 atom stereocenters. The number of nitrogens with zero attached hydrogens (tertiary/aromatic N) is 2. The maximum atomic E-state index is 13.0. The second kappa shape index (κ2) is 8.65. The number of methoxy groups -OCH3 is 1. The number of pyridine rings is 1. The first kappa shape index (κ1) is 22.8. The van der Waals surface area contributed by atoms with Crippen LogP contribution in [-0.4, -0.2) is 35.8 Å². The van der Waals surface area contributed by atoms with Crippen LogP contribution in [0.5, 0.6) is 0 Å². The zero-order valence-corrected chi connectivity index (χ0v) is 19.2. The van der Waals surface area contributed by atoms with Crippen LogP contribution in [0.15, 0.2) is 67.1 Å². The number of thiazole rings is 1. The number of nitrogens with two attached hydrogens (primary N) is 1. The van der Waals surface area contributed by atoms with Crippen molar-refractivity contribution in [3.05, 3.63) is 78.2 Å². The van der Waals surface area contributed by atoms with Gasteiger partial charge < -0.3 is 15.8 Å². The third-order valence-corrected chi connectivity index (χ3v) is 7.54. The summed E-state index contributed by atoms with van der Waals surface area (Å²) in [6, 6.07) is 13.0. The van der Waals surface area contributed by atoms with Crippen molar-refractivity contribution in [1.29, 1.82) is 0 Å². The predicted molar refractivity (Wildman–Crippen MR) is 128 cm³/mol. The first-order valence-electron chi connectivity index (χ1n) is 10.8. The summed E-state index contributed by atoms with van der Waals surface area (Å²) < 4.78 is 44.5. The van der Waals surface area contributed by atoms with Crippen LogP contribution >= 0.6 is 11.3 Å². The molecule has 0 bridgehead atoms. The molecule has 9 heteroatoms. The Bertz CT molecular complexity index is 1310. The van der Waals surface area contributed by atoms with E-state index in [0.717, 1.165) is 44.0 Å². The monoisotopic (exact) mass is 484 g/mol. The molecule has 1 aliphatic carbocycles. The fourth-order valence-electron chi connectivity index (χ4n) is 4.52. The minimum Gasteiger partial charge on any atom is -0.380 e. The smallest absolute Gasteiger partial charge is 0.380 e. The predicted octanol–water partition coefficient (Wildman–Crippen LogP) is 5.47. The minimum absolute atomic E-state index is 0.139. The average molecular weight is 485 g/mol. The molecule has 34 heavy (non-hydrogen) atoms. The molecule has 0 spiro atoms. The van der Waals surface area contributed by atoms with Gasteiger partial charge in [-0.05, 0) is 47.2 Å². The zero-order chi connectivity index (χ0) is 23.9. The highest BCUT2D eigenvalue weighted by atomic mass is 32.1. The van der Waals surface area contributed by atoms with Crippen molar-refractivity contribution in [2.24, 2.45) is 5.73 Å². The first-order valence-corrected chi connectivity index (χ1v) is 11.6. The summed E-state index contributed by atoms with van der Waals surface area (Å²) >= 11 is 1.52. The fourth-order valence-corrected chi connectivity index (χ4v) is 5.34. The highest BCUT2D eigenvalue weighted by molar-refractivity contribution is 7.18. The van der Waals surface area contributed by atoms with Gasteiger partial charge in [0.1, 0.15) is 0 Å². The Labute approximate surface area is 198 Å². The Balaban J connectivity index is 1.30. The van der Waals surface area contributed by atoms with E-state index in [1.54, 1.807) is 13.3 Å². The van der Waals surface area contributed by atoms with Gasteiger partial charge in [0.25, 0.3) is 0 Å². The number of halogens is 3. The molecule has 5 nitrogen and oxygen atoms in total. The highest BCUT2D eigenvalue weighted by Crippen LogP contribution is 2.52. The van der Waals surface area contributed by atoms with Gasteiger partial charge in [0.05, 0.1) is 16.5 Å². The zero-order valence-electron chi connectivity index (χ0n) is 18.3. The van der Waals surface area contributed by atoms with Crippen LogP contribution in [-0.2, 0) is 16.3 Å². The van der Waals surface area contributed by atoms with Crippen molar-refractivity contribution >= 4 is 27.2 Å². The molecule has 0 amide bonds. The normalized spacial score (nSPS) is 20.9. The van der Waals surface area contributed by atoms with E-state index in [9.17, 15) is 13.2 Å². The molecule has 1 fully saturated rings. The van der Waals surface area contributed by atoms with Crippen LogP contribution < -0.4 is 11.1 Å². The van der Waals surface area contributed by atoms with Gasteiger partial charge in [0, 0.05) is 49.1 Å². The van der Waals surface area contributed by atoms with Crippen LogP contribution in [0.1, 0.15) is 17.5 Å². The lowest BCUT2D eigenvalue weighted by atomic mass is 9.87. The van der Waals surface area contributed by atoms with Crippen LogP contribution in [0.4, 0.5) is 18.3 Å². The lowest BCUT2D eigenvalue weighted by molar-refractivity contribution is -0.137. The van der Waals surface area contributed by atoms with Crippen LogP contribution in [0.25, 0.3) is 21.2 Å². The standard InChI is InChI=1S/C25H23F3N4OS/c1-33-22-11-24(22,18-4-6-19(7-5-18)25(26,27)28)21(29)14-32-23-31-13-20(34-23)16-2-3-17-12-30-9-8-15(17)10-16/h2-10,12-13,21-22H,11,14,29H2,1H3,(H,31,32)/t21-,22?,24?/m1/s1. The van der Waals surface area contributed by atoms with Crippen molar-refractivity contribution in [2.75, 3.05) is 19.0 Å². The molecule has 2 heterocycles. The molecule has 2 aromatic heterocycles. The number of nitrogens with one attached hydrogen (secondary N) is 1. The molecular weight excluding hydrogens is 461 g/mol. The summed E-state index contributed by atoms with van der Waals surface area (Å²) in [5.41, 5.74) is 7.19. The Morgan fingerprint density at radius 2 is 1.94 bits per heavy atom. The lowest BCUT2D eigenvalue weighted by Crippen LogP contribution is -2.43. The van der Waals surface area contributed by atoms with Crippen LogP contribution in [0.2, 0.25) is 0 Å². The maximum Gasteiger partial charge on any atom is 0.416 e. The molecule has 5 rings (SSSR count). The summed E-state index contributed by atoms with van der Waals surface area (Å²) in [6.07, 6.45) is 1.57. The third kappa shape index (κ3) is 4.15. The van der Waals surface area contributed by atoms with Crippen molar-refractivity contribution in [3.63, 3.8) is 0 Å². The topological polar surface area (TPSA) is 73.1 Å². The first-order chi connectivity index (χ1) is 16.3. The van der Waals surface area contributed by atoms with Gasteiger partial charge in [-0.25, -0.2) is 4.98 Å². The number of anilines is 1. The molecule has 0 saturated heterocycles. The van der Waals surface area contributed by atoms with E-state index in [2.05, 4.69) is 21.4 Å². The molecule has 176 valence electrons. The number of alkyl halides is 3. The molecule has 1 aliphatic rings. The van der Waals surface area contributed by atoms with Gasteiger partial charge in [-0.1, -0.05) is 35.6 Å². The number of fused-ring (bicyclic) bond motifs is 1.